The van der Waals surface area contributed by atoms with Gasteiger partial charge in [0.05, 0.1) is 6.54 Å². The topological polar surface area (TPSA) is 49.3 Å². The molecule has 1 heterocycles. The van der Waals surface area contributed by atoms with Gasteiger partial charge in [0, 0.05) is 23.8 Å². The Morgan fingerprint density at radius 2 is 2.04 bits per heavy atom. The van der Waals surface area contributed by atoms with E-state index in [1.54, 1.807) is 6.20 Å². The molecular weight excluding hydrogens is 502 g/mol. The minimum Gasteiger partial charge on any atom is -0.357 e. The number of guanidine groups is 1. The van der Waals surface area contributed by atoms with Crippen molar-refractivity contribution in [1.29, 1.82) is 0 Å². The maximum absolute atomic E-state index is 5.79. The smallest absolute Gasteiger partial charge is 0.191 e. The van der Waals surface area contributed by atoms with Crippen LogP contribution in [0.2, 0.25) is 5.15 Å². The molecule has 2 rings (SSSR count). The van der Waals surface area contributed by atoms with Gasteiger partial charge in [0.15, 0.2) is 5.96 Å². The highest BCUT2D eigenvalue weighted by atomic mass is 127. The molecule has 0 fully saturated rings. The third-order valence-electron chi connectivity index (χ3n) is 3.15. The summed E-state index contributed by atoms with van der Waals surface area (Å²) in [6, 6.07) is 12.0. The van der Waals surface area contributed by atoms with Crippen LogP contribution >= 0.6 is 51.5 Å². The molecule has 0 bridgehead atoms. The number of nitrogens with one attached hydrogen (secondary N) is 2. The van der Waals surface area contributed by atoms with E-state index >= 15 is 0 Å². The van der Waals surface area contributed by atoms with Crippen molar-refractivity contribution in [2.75, 3.05) is 13.1 Å². The number of hydrogen-bond donors (Lipinski definition) is 2. The standard InChI is InChI=1S/C17H20BrClN4.HI/c1-2-20-17(23-12-14-4-3-5-15(18)10-14)21-9-8-13-6-7-16(19)22-11-13;/h3-7,10-11H,2,8-9,12H2,1H3,(H2,20,21,23);1H. The van der Waals surface area contributed by atoms with Gasteiger partial charge in [-0.2, -0.15) is 0 Å². The summed E-state index contributed by atoms with van der Waals surface area (Å²) in [5.41, 5.74) is 2.31. The van der Waals surface area contributed by atoms with Crippen LogP contribution in [0.15, 0.2) is 52.1 Å². The molecular formula is C17H21BrClIN4. The van der Waals surface area contributed by atoms with Crippen molar-refractivity contribution in [3.8, 4) is 0 Å². The van der Waals surface area contributed by atoms with E-state index in [0.717, 1.165) is 35.5 Å². The highest BCUT2D eigenvalue weighted by Crippen LogP contribution is 2.12. The maximum Gasteiger partial charge on any atom is 0.191 e. The molecule has 2 N–H and O–H groups in total. The van der Waals surface area contributed by atoms with Crippen molar-refractivity contribution in [2.24, 2.45) is 4.99 Å². The van der Waals surface area contributed by atoms with Gasteiger partial charge < -0.3 is 10.6 Å². The lowest BCUT2D eigenvalue weighted by Crippen LogP contribution is -2.38. The average Bonchev–Trinajstić information content (AvgIpc) is 2.54. The number of aromatic nitrogens is 1. The molecule has 0 aliphatic heterocycles. The Kier molecular flexibility index (Phi) is 10.3. The molecule has 7 heteroatoms. The lowest BCUT2D eigenvalue weighted by atomic mass is 10.2. The normalized spacial score (nSPS) is 10.9. The second-order valence-electron chi connectivity index (χ2n) is 4.99. The highest BCUT2D eigenvalue weighted by Gasteiger charge is 1.99. The van der Waals surface area contributed by atoms with E-state index in [2.05, 4.69) is 55.6 Å². The summed E-state index contributed by atoms with van der Waals surface area (Å²) in [6.07, 6.45) is 2.67. The van der Waals surface area contributed by atoms with E-state index in [1.165, 1.54) is 5.56 Å². The molecule has 0 spiro atoms. The number of pyridine rings is 1. The first-order valence-corrected chi connectivity index (χ1v) is 8.71. The van der Waals surface area contributed by atoms with Crippen LogP contribution < -0.4 is 10.6 Å². The number of aliphatic imine (C=N–C) groups is 1. The SMILES string of the molecule is CCNC(=NCc1cccc(Br)c1)NCCc1ccc(Cl)nc1.I. The van der Waals surface area contributed by atoms with Gasteiger partial charge in [-0.1, -0.05) is 45.7 Å². The summed E-state index contributed by atoms with van der Waals surface area (Å²) in [4.78, 5) is 8.69. The summed E-state index contributed by atoms with van der Waals surface area (Å²) in [5.74, 6) is 0.814. The van der Waals surface area contributed by atoms with E-state index in [-0.39, 0.29) is 24.0 Å². The first kappa shape index (κ1) is 21.2. The molecule has 0 saturated heterocycles. The molecule has 24 heavy (non-hydrogen) atoms. The maximum atomic E-state index is 5.79. The summed E-state index contributed by atoms with van der Waals surface area (Å²) in [5, 5.41) is 7.11. The van der Waals surface area contributed by atoms with Gasteiger partial charge in [-0.25, -0.2) is 9.98 Å². The molecule has 0 unspecified atom stereocenters. The van der Waals surface area contributed by atoms with Crippen LogP contribution in [0.1, 0.15) is 18.1 Å². The fourth-order valence-electron chi connectivity index (χ4n) is 2.03. The molecule has 1 aromatic heterocycles. The van der Waals surface area contributed by atoms with Gasteiger partial charge in [-0.05, 0) is 42.7 Å². The van der Waals surface area contributed by atoms with E-state index in [1.807, 2.05) is 24.3 Å². The summed E-state index contributed by atoms with van der Waals surface area (Å²) >= 11 is 9.27. The monoisotopic (exact) mass is 522 g/mol. The van der Waals surface area contributed by atoms with Crippen LogP contribution in [0, 0.1) is 0 Å². The minimum absolute atomic E-state index is 0. The average molecular weight is 524 g/mol. The Balaban J connectivity index is 0.00000288. The number of halogens is 3. The predicted octanol–water partition coefficient (Wildman–Crippen LogP) is 4.41. The largest absolute Gasteiger partial charge is 0.357 e. The van der Waals surface area contributed by atoms with Crippen molar-refractivity contribution >= 4 is 57.5 Å². The van der Waals surface area contributed by atoms with Crippen LogP contribution in [0.4, 0.5) is 0 Å². The van der Waals surface area contributed by atoms with Crippen LogP contribution in [0.5, 0.6) is 0 Å². The van der Waals surface area contributed by atoms with Gasteiger partial charge in [0.2, 0.25) is 0 Å². The molecule has 4 nitrogen and oxygen atoms in total. The number of hydrogen-bond acceptors (Lipinski definition) is 2. The molecule has 0 atom stereocenters. The zero-order chi connectivity index (χ0) is 16.5. The Hall–Kier alpha value is -0.860. The van der Waals surface area contributed by atoms with Gasteiger partial charge in [-0.15, -0.1) is 24.0 Å². The Morgan fingerprint density at radius 1 is 1.21 bits per heavy atom. The zero-order valence-electron chi connectivity index (χ0n) is 13.4. The fourth-order valence-corrected chi connectivity index (χ4v) is 2.59. The minimum atomic E-state index is 0. The Morgan fingerprint density at radius 3 is 2.71 bits per heavy atom. The fraction of sp³-hybridized carbons (Fsp3) is 0.294. The summed E-state index contributed by atoms with van der Waals surface area (Å²) < 4.78 is 1.07. The van der Waals surface area contributed by atoms with Crippen LogP contribution in [0.25, 0.3) is 0 Å². The second kappa shape index (κ2) is 11.7. The van der Waals surface area contributed by atoms with Gasteiger partial charge in [0.25, 0.3) is 0 Å². The van der Waals surface area contributed by atoms with Crippen LogP contribution in [0.3, 0.4) is 0 Å². The number of nitrogens with zero attached hydrogens (tertiary/aromatic N) is 2. The third kappa shape index (κ3) is 7.81. The second-order valence-corrected chi connectivity index (χ2v) is 6.29. The van der Waals surface area contributed by atoms with Crippen molar-refractivity contribution in [3.05, 3.63) is 63.3 Å². The summed E-state index contributed by atoms with van der Waals surface area (Å²) in [6.45, 7) is 4.30. The van der Waals surface area contributed by atoms with Gasteiger partial charge >= 0.3 is 0 Å². The molecule has 0 aliphatic rings. The molecule has 0 amide bonds. The molecule has 130 valence electrons. The molecule has 0 radical (unpaired) electrons. The van der Waals surface area contributed by atoms with E-state index in [4.69, 9.17) is 11.6 Å². The van der Waals surface area contributed by atoms with Crippen LogP contribution in [-0.2, 0) is 13.0 Å². The molecule has 2 aromatic rings. The third-order valence-corrected chi connectivity index (χ3v) is 3.86. The Bertz CT molecular complexity index is 649. The van der Waals surface area contributed by atoms with Crippen molar-refractivity contribution in [1.82, 2.24) is 15.6 Å². The van der Waals surface area contributed by atoms with Crippen molar-refractivity contribution in [3.63, 3.8) is 0 Å². The number of rotatable bonds is 6. The van der Waals surface area contributed by atoms with E-state index in [0.29, 0.717) is 11.7 Å². The lowest BCUT2D eigenvalue weighted by Gasteiger charge is -2.11. The van der Waals surface area contributed by atoms with Crippen molar-refractivity contribution in [2.45, 2.75) is 19.9 Å². The Labute approximate surface area is 173 Å². The molecule has 0 aliphatic carbocycles. The molecule has 1 aromatic carbocycles. The lowest BCUT2D eigenvalue weighted by molar-refractivity contribution is 0.798. The quantitative estimate of drug-likeness (QED) is 0.255. The molecule has 0 saturated carbocycles. The van der Waals surface area contributed by atoms with Gasteiger partial charge in [0.1, 0.15) is 5.15 Å². The first-order valence-electron chi connectivity index (χ1n) is 7.54. The summed E-state index contributed by atoms with van der Waals surface area (Å²) in [7, 11) is 0. The zero-order valence-corrected chi connectivity index (χ0v) is 18.1. The van der Waals surface area contributed by atoms with E-state index in [9.17, 15) is 0 Å². The first-order chi connectivity index (χ1) is 11.2. The highest BCUT2D eigenvalue weighted by molar-refractivity contribution is 14.0. The van der Waals surface area contributed by atoms with Crippen LogP contribution in [-0.4, -0.2) is 24.0 Å². The van der Waals surface area contributed by atoms with E-state index < -0.39 is 0 Å². The van der Waals surface area contributed by atoms with Gasteiger partial charge in [-0.3, -0.25) is 0 Å². The number of benzene rings is 1. The van der Waals surface area contributed by atoms with Crippen molar-refractivity contribution < 1.29 is 0 Å². The predicted molar refractivity (Wildman–Crippen MR) is 115 cm³/mol.